The highest BCUT2D eigenvalue weighted by Crippen LogP contribution is 2.11. The number of nitrogens with two attached hydrogens (primary N) is 1. The Hall–Kier alpha value is -3.47. The lowest BCUT2D eigenvalue weighted by Crippen LogP contribution is -2.58. The Morgan fingerprint density at radius 2 is 1.42 bits per heavy atom. The van der Waals surface area contributed by atoms with E-state index in [1.165, 1.54) is 0 Å². The Morgan fingerprint density at radius 1 is 0.861 bits per heavy atom. The predicted octanol–water partition coefficient (Wildman–Crippen LogP) is 0.662. The van der Waals surface area contributed by atoms with Crippen LogP contribution in [-0.4, -0.2) is 64.0 Å². The molecule has 1 aromatic rings. The number of carbonyl (C=O) groups is 5. The molecule has 0 saturated heterocycles. The number of hydrogen-bond donors (Lipinski definition) is 6. The molecule has 200 valence electrons. The monoisotopic (exact) mass is 506 g/mol. The third-order valence-corrected chi connectivity index (χ3v) is 5.76. The van der Waals surface area contributed by atoms with Gasteiger partial charge in [-0.25, -0.2) is 4.79 Å². The quantitative estimate of drug-likeness (QED) is 0.200. The third-order valence-electron chi connectivity index (χ3n) is 5.76. The SMILES string of the molecule is CCC(C)C(NC(=O)C(CC(C)C)NC(=O)C(CC(=O)O)NC(=O)C(N)Cc1ccccc1)C(=O)O. The van der Waals surface area contributed by atoms with Gasteiger partial charge in [-0.3, -0.25) is 19.2 Å². The van der Waals surface area contributed by atoms with Crippen molar-refractivity contribution in [3.63, 3.8) is 0 Å². The molecule has 0 aliphatic rings. The van der Waals surface area contributed by atoms with E-state index < -0.39 is 60.2 Å². The molecule has 0 aromatic heterocycles. The summed E-state index contributed by atoms with van der Waals surface area (Å²) >= 11 is 0. The molecule has 0 aliphatic heterocycles. The van der Waals surface area contributed by atoms with E-state index >= 15 is 0 Å². The fraction of sp³-hybridized carbons (Fsp3) is 0.560. The van der Waals surface area contributed by atoms with Gasteiger partial charge in [-0.15, -0.1) is 0 Å². The topological polar surface area (TPSA) is 188 Å². The number of benzene rings is 1. The number of amides is 3. The average molecular weight is 507 g/mol. The first-order valence-electron chi connectivity index (χ1n) is 12.0. The number of carboxylic acids is 2. The van der Waals surface area contributed by atoms with E-state index in [9.17, 15) is 34.2 Å². The van der Waals surface area contributed by atoms with Gasteiger partial charge in [0.15, 0.2) is 0 Å². The number of aliphatic carboxylic acids is 2. The minimum atomic E-state index is -1.48. The van der Waals surface area contributed by atoms with E-state index in [4.69, 9.17) is 5.73 Å². The largest absolute Gasteiger partial charge is 0.481 e. The zero-order valence-corrected chi connectivity index (χ0v) is 21.2. The van der Waals surface area contributed by atoms with Gasteiger partial charge in [0, 0.05) is 0 Å². The van der Waals surface area contributed by atoms with E-state index in [-0.39, 0.29) is 24.7 Å². The van der Waals surface area contributed by atoms with Crippen molar-refractivity contribution in [2.75, 3.05) is 0 Å². The van der Waals surface area contributed by atoms with Gasteiger partial charge in [-0.1, -0.05) is 64.4 Å². The maximum absolute atomic E-state index is 13.0. The van der Waals surface area contributed by atoms with Crippen LogP contribution in [0.15, 0.2) is 30.3 Å². The third kappa shape index (κ3) is 10.4. The summed E-state index contributed by atoms with van der Waals surface area (Å²) in [5, 5.41) is 26.1. The molecule has 3 amide bonds. The van der Waals surface area contributed by atoms with Crippen LogP contribution < -0.4 is 21.7 Å². The molecule has 36 heavy (non-hydrogen) atoms. The van der Waals surface area contributed by atoms with E-state index in [0.717, 1.165) is 5.56 Å². The molecule has 5 atom stereocenters. The van der Waals surface area contributed by atoms with Crippen molar-refractivity contribution in [3.8, 4) is 0 Å². The molecule has 1 rings (SSSR count). The van der Waals surface area contributed by atoms with Crippen LogP contribution in [0.25, 0.3) is 0 Å². The summed E-state index contributed by atoms with van der Waals surface area (Å²) in [6.07, 6.45) is 0.134. The van der Waals surface area contributed by atoms with Crippen LogP contribution in [0.5, 0.6) is 0 Å². The summed E-state index contributed by atoms with van der Waals surface area (Å²) in [5.41, 5.74) is 6.75. The Bertz CT molecular complexity index is 907. The molecule has 0 radical (unpaired) electrons. The van der Waals surface area contributed by atoms with Crippen molar-refractivity contribution in [3.05, 3.63) is 35.9 Å². The van der Waals surface area contributed by atoms with Crippen LogP contribution in [0, 0.1) is 11.8 Å². The molecule has 0 aliphatic carbocycles. The number of carboxylic acid groups (broad SMARTS) is 2. The minimum absolute atomic E-state index is 0.0558. The van der Waals surface area contributed by atoms with Gasteiger partial charge < -0.3 is 31.9 Å². The zero-order valence-electron chi connectivity index (χ0n) is 21.2. The van der Waals surface area contributed by atoms with E-state index in [2.05, 4.69) is 16.0 Å². The molecule has 11 nitrogen and oxygen atoms in total. The smallest absolute Gasteiger partial charge is 0.326 e. The van der Waals surface area contributed by atoms with Gasteiger partial charge >= 0.3 is 11.9 Å². The standard InChI is InChI=1S/C25H38N4O7/c1-5-15(4)21(25(35)36)29-24(34)18(11-14(2)3)28-23(33)19(13-20(30)31)27-22(32)17(26)12-16-9-7-6-8-10-16/h6-10,14-15,17-19,21H,5,11-13,26H2,1-4H3,(H,27,32)(H,28,33)(H,29,34)(H,30,31)(H,35,36). The summed E-state index contributed by atoms with van der Waals surface area (Å²) < 4.78 is 0. The van der Waals surface area contributed by atoms with Gasteiger partial charge in [-0.2, -0.15) is 0 Å². The van der Waals surface area contributed by atoms with Crippen LogP contribution in [0.3, 0.4) is 0 Å². The summed E-state index contributed by atoms with van der Waals surface area (Å²) in [6, 6.07) is 4.17. The molecule has 0 saturated carbocycles. The highest BCUT2D eigenvalue weighted by Gasteiger charge is 2.33. The van der Waals surface area contributed by atoms with E-state index in [1.54, 1.807) is 38.1 Å². The highest BCUT2D eigenvalue weighted by molar-refractivity contribution is 5.95. The normalized spacial score (nSPS) is 15.2. The molecular weight excluding hydrogens is 468 g/mol. The van der Waals surface area contributed by atoms with Gasteiger partial charge in [0.1, 0.15) is 18.1 Å². The maximum Gasteiger partial charge on any atom is 0.326 e. The summed E-state index contributed by atoms with van der Waals surface area (Å²) in [4.78, 5) is 61.5. The number of rotatable bonds is 15. The first-order chi connectivity index (χ1) is 16.8. The molecule has 0 bridgehead atoms. The lowest BCUT2D eigenvalue weighted by atomic mass is 9.97. The number of hydrogen-bond acceptors (Lipinski definition) is 6. The van der Waals surface area contributed by atoms with Crippen molar-refractivity contribution >= 4 is 29.7 Å². The predicted molar refractivity (Wildman–Crippen MR) is 133 cm³/mol. The first kappa shape index (κ1) is 30.6. The summed E-state index contributed by atoms with van der Waals surface area (Å²) in [7, 11) is 0. The van der Waals surface area contributed by atoms with Crippen LogP contribution in [0.2, 0.25) is 0 Å². The van der Waals surface area contributed by atoms with Crippen molar-refractivity contribution in [1.29, 1.82) is 0 Å². The molecule has 0 heterocycles. The second-order valence-corrected chi connectivity index (χ2v) is 9.36. The lowest BCUT2D eigenvalue weighted by molar-refractivity contribution is -0.144. The van der Waals surface area contributed by atoms with Gasteiger partial charge in [-0.05, 0) is 30.2 Å². The minimum Gasteiger partial charge on any atom is -0.481 e. The van der Waals surface area contributed by atoms with Crippen molar-refractivity contribution in [2.24, 2.45) is 17.6 Å². The maximum atomic E-state index is 13.0. The Morgan fingerprint density at radius 3 is 1.92 bits per heavy atom. The molecule has 1 aromatic carbocycles. The van der Waals surface area contributed by atoms with Gasteiger partial charge in [0.25, 0.3) is 0 Å². The number of nitrogens with one attached hydrogen (secondary N) is 3. The fourth-order valence-corrected chi connectivity index (χ4v) is 3.54. The molecule has 0 spiro atoms. The van der Waals surface area contributed by atoms with Crippen molar-refractivity contribution in [2.45, 2.75) is 77.5 Å². The molecule has 0 fully saturated rings. The molecule has 7 N–H and O–H groups in total. The number of carbonyl (C=O) groups excluding carboxylic acids is 3. The zero-order chi connectivity index (χ0) is 27.4. The fourth-order valence-electron chi connectivity index (χ4n) is 3.54. The highest BCUT2D eigenvalue weighted by atomic mass is 16.4. The second kappa shape index (κ2) is 14.8. The molecule has 5 unspecified atom stereocenters. The summed E-state index contributed by atoms with van der Waals surface area (Å²) in [6.45, 7) is 7.11. The van der Waals surface area contributed by atoms with E-state index in [0.29, 0.717) is 6.42 Å². The Kier molecular flexibility index (Phi) is 12.6. The molecule has 11 heteroatoms. The van der Waals surface area contributed by atoms with E-state index in [1.807, 2.05) is 19.9 Å². The van der Waals surface area contributed by atoms with Gasteiger partial charge in [0.05, 0.1) is 12.5 Å². The van der Waals surface area contributed by atoms with Crippen molar-refractivity contribution in [1.82, 2.24) is 16.0 Å². The van der Waals surface area contributed by atoms with Crippen LogP contribution in [0.4, 0.5) is 0 Å². The lowest BCUT2D eigenvalue weighted by Gasteiger charge is -2.27. The Balaban J connectivity index is 2.99. The summed E-state index contributed by atoms with van der Waals surface area (Å²) in [5.74, 6) is -5.24. The first-order valence-corrected chi connectivity index (χ1v) is 12.0. The van der Waals surface area contributed by atoms with Crippen LogP contribution in [-0.2, 0) is 30.4 Å². The van der Waals surface area contributed by atoms with Crippen LogP contribution in [0.1, 0.15) is 52.5 Å². The van der Waals surface area contributed by atoms with Crippen LogP contribution >= 0.6 is 0 Å². The molecular formula is C25H38N4O7. The van der Waals surface area contributed by atoms with Crippen molar-refractivity contribution < 1.29 is 34.2 Å². The average Bonchev–Trinajstić information content (AvgIpc) is 2.80. The van der Waals surface area contributed by atoms with Gasteiger partial charge in [0.2, 0.25) is 17.7 Å². The Labute approximate surface area is 211 Å². The second-order valence-electron chi connectivity index (χ2n) is 9.36.